The Morgan fingerprint density at radius 2 is 1.57 bits per heavy atom. The predicted molar refractivity (Wildman–Crippen MR) is 115 cm³/mol. The van der Waals surface area contributed by atoms with Crippen LogP contribution in [0.1, 0.15) is 24.2 Å². The number of Topliss-reactive ketones (excluding diaryl/α,β-unsaturated/α-hetero) is 1. The Morgan fingerprint density at radius 1 is 1.00 bits per heavy atom. The van der Waals surface area contributed by atoms with Gasteiger partial charge in [-0.2, -0.15) is 0 Å². The topological polar surface area (TPSA) is 52.6 Å². The van der Waals surface area contributed by atoms with Crippen LogP contribution in [0.2, 0.25) is 20.1 Å². The number of ether oxygens (including phenoxy) is 2. The Kier molecular flexibility index (Phi) is 8.06. The number of carbonyl (C=O) groups is 2. The van der Waals surface area contributed by atoms with E-state index in [4.69, 9.17) is 55.9 Å². The van der Waals surface area contributed by atoms with Gasteiger partial charge in [0.1, 0.15) is 12.4 Å². The molecule has 0 saturated carbocycles. The van der Waals surface area contributed by atoms with E-state index in [1.165, 1.54) is 24.3 Å². The minimum atomic E-state index is -1.04. The van der Waals surface area contributed by atoms with Gasteiger partial charge in [-0.05, 0) is 66.2 Å². The molecule has 0 aromatic heterocycles. The molecule has 0 radical (unpaired) electrons. The maximum atomic E-state index is 12.7. The van der Waals surface area contributed by atoms with Crippen molar-refractivity contribution in [1.29, 1.82) is 0 Å². The normalized spacial score (nSPS) is 12.4. The Hall–Kier alpha value is -0.980. The molecule has 0 fully saturated rings. The molecule has 0 saturated heterocycles. The van der Waals surface area contributed by atoms with Crippen LogP contribution in [0.3, 0.4) is 0 Å². The average Bonchev–Trinajstić information content (AvgIpc) is 2.61. The van der Waals surface area contributed by atoms with Crippen LogP contribution in [0.4, 0.5) is 0 Å². The largest absolute Gasteiger partial charge is 0.470 e. The molecule has 0 bridgehead atoms. The molecule has 0 amide bonds. The molecule has 0 aliphatic heterocycles. The minimum Gasteiger partial charge on any atom is -0.470 e. The van der Waals surface area contributed by atoms with Crippen LogP contribution in [0, 0.1) is 5.41 Å². The summed E-state index contributed by atoms with van der Waals surface area (Å²) >= 11 is 26.9. The third-order valence-electron chi connectivity index (χ3n) is 3.71. The summed E-state index contributed by atoms with van der Waals surface area (Å²) in [5.74, 6) is -0.703. The SMILES string of the molecule is CC(C)(COC(=O)c1ccc(Cl)cc1Cl)C(=O)C(Br)Oc1ccc(Cl)cc1Cl. The van der Waals surface area contributed by atoms with E-state index in [1.807, 2.05) is 0 Å². The molecule has 0 N–H and O–H groups in total. The van der Waals surface area contributed by atoms with E-state index >= 15 is 0 Å². The smallest absolute Gasteiger partial charge is 0.339 e. The van der Waals surface area contributed by atoms with Crippen LogP contribution < -0.4 is 4.74 Å². The number of halogens is 5. The van der Waals surface area contributed by atoms with E-state index in [2.05, 4.69) is 15.9 Å². The summed E-state index contributed by atoms with van der Waals surface area (Å²) in [5.41, 5.74) is -0.879. The highest BCUT2D eigenvalue weighted by atomic mass is 79.9. The molecule has 0 heterocycles. The summed E-state index contributed by atoms with van der Waals surface area (Å²) in [6.45, 7) is 3.09. The summed E-state index contributed by atoms with van der Waals surface area (Å²) in [6.07, 6.45) is 0. The highest BCUT2D eigenvalue weighted by molar-refractivity contribution is 9.09. The molecule has 0 aliphatic carbocycles. The predicted octanol–water partition coefficient (Wildman–Crippen LogP) is 6.85. The summed E-state index contributed by atoms with van der Waals surface area (Å²) in [4.78, 5) is 25.0. The summed E-state index contributed by atoms with van der Waals surface area (Å²) in [5, 5.41) is 0.283. The van der Waals surface area contributed by atoms with Gasteiger partial charge in [0.15, 0.2) is 5.78 Å². The zero-order chi connectivity index (χ0) is 21.1. The van der Waals surface area contributed by atoms with Crippen molar-refractivity contribution in [2.45, 2.75) is 18.9 Å². The quantitative estimate of drug-likeness (QED) is 0.291. The number of esters is 1. The van der Waals surface area contributed by atoms with Crippen LogP contribution in [0.15, 0.2) is 36.4 Å². The lowest BCUT2D eigenvalue weighted by molar-refractivity contribution is -0.132. The number of ketones is 1. The van der Waals surface area contributed by atoms with Crippen molar-refractivity contribution in [3.63, 3.8) is 0 Å². The number of benzene rings is 2. The molecule has 0 aliphatic rings. The highest BCUT2D eigenvalue weighted by Crippen LogP contribution is 2.31. The van der Waals surface area contributed by atoms with E-state index in [0.29, 0.717) is 15.8 Å². The highest BCUT2D eigenvalue weighted by Gasteiger charge is 2.35. The van der Waals surface area contributed by atoms with Gasteiger partial charge in [0.05, 0.1) is 21.0 Å². The van der Waals surface area contributed by atoms with Gasteiger partial charge in [-0.25, -0.2) is 4.79 Å². The molecule has 150 valence electrons. The van der Waals surface area contributed by atoms with Crippen LogP contribution in [-0.4, -0.2) is 23.4 Å². The summed E-state index contributed by atoms with van der Waals surface area (Å²) in [6, 6.07) is 9.08. The minimum absolute atomic E-state index is 0.161. The van der Waals surface area contributed by atoms with Crippen molar-refractivity contribution in [3.8, 4) is 5.75 Å². The Morgan fingerprint density at radius 3 is 2.14 bits per heavy atom. The lowest BCUT2D eigenvalue weighted by atomic mass is 9.89. The first-order valence-corrected chi connectivity index (χ1v) is 10.4. The van der Waals surface area contributed by atoms with Crippen molar-refractivity contribution >= 4 is 74.1 Å². The van der Waals surface area contributed by atoms with Gasteiger partial charge < -0.3 is 9.47 Å². The maximum Gasteiger partial charge on any atom is 0.339 e. The molecular weight excluding hydrogens is 514 g/mol. The molecular formula is C19H15BrCl4O4. The fourth-order valence-corrected chi connectivity index (χ4v) is 3.85. The number of alkyl halides is 1. The van der Waals surface area contributed by atoms with E-state index in [9.17, 15) is 9.59 Å². The van der Waals surface area contributed by atoms with Crippen molar-refractivity contribution in [1.82, 2.24) is 0 Å². The number of hydrogen-bond acceptors (Lipinski definition) is 4. The average molecular weight is 529 g/mol. The molecule has 4 nitrogen and oxygen atoms in total. The van der Waals surface area contributed by atoms with Crippen LogP contribution in [-0.2, 0) is 9.53 Å². The molecule has 9 heteroatoms. The van der Waals surface area contributed by atoms with E-state index in [0.717, 1.165) is 0 Å². The van der Waals surface area contributed by atoms with Crippen molar-refractivity contribution in [2.24, 2.45) is 5.41 Å². The van der Waals surface area contributed by atoms with Gasteiger partial charge in [-0.15, -0.1) is 0 Å². The first-order valence-electron chi connectivity index (χ1n) is 7.93. The van der Waals surface area contributed by atoms with E-state index < -0.39 is 16.4 Å². The van der Waals surface area contributed by atoms with Gasteiger partial charge in [-0.3, -0.25) is 4.79 Å². The zero-order valence-electron chi connectivity index (χ0n) is 14.8. The van der Waals surface area contributed by atoms with Gasteiger partial charge in [-0.1, -0.05) is 46.4 Å². The lowest BCUT2D eigenvalue weighted by Gasteiger charge is -2.25. The van der Waals surface area contributed by atoms with Crippen molar-refractivity contribution in [2.75, 3.05) is 6.61 Å². The molecule has 28 heavy (non-hydrogen) atoms. The van der Waals surface area contributed by atoms with E-state index in [1.54, 1.807) is 26.0 Å². The third kappa shape index (κ3) is 6.01. The number of rotatable bonds is 7. The van der Waals surface area contributed by atoms with Gasteiger partial charge in [0, 0.05) is 10.0 Å². The molecule has 2 rings (SSSR count). The van der Waals surface area contributed by atoms with Gasteiger partial charge >= 0.3 is 5.97 Å². The first kappa shape index (κ1) is 23.3. The third-order valence-corrected chi connectivity index (χ3v) is 5.39. The van der Waals surface area contributed by atoms with Crippen molar-refractivity contribution in [3.05, 3.63) is 62.1 Å². The second-order valence-corrected chi connectivity index (χ2v) is 8.98. The fourth-order valence-electron chi connectivity index (χ4n) is 2.09. The maximum absolute atomic E-state index is 12.7. The summed E-state index contributed by atoms with van der Waals surface area (Å²) < 4.78 is 10.8. The fraction of sp³-hybridized carbons (Fsp3) is 0.263. The van der Waals surface area contributed by atoms with Crippen LogP contribution in [0.5, 0.6) is 5.75 Å². The monoisotopic (exact) mass is 526 g/mol. The second-order valence-electron chi connectivity index (χ2n) is 6.46. The molecule has 1 atom stereocenters. The molecule has 2 aromatic rings. The Bertz CT molecular complexity index is 901. The van der Waals surface area contributed by atoms with Gasteiger partial charge in [0.2, 0.25) is 5.01 Å². The summed E-state index contributed by atoms with van der Waals surface area (Å²) in [7, 11) is 0. The lowest BCUT2D eigenvalue weighted by Crippen LogP contribution is -2.38. The first-order chi connectivity index (χ1) is 13.0. The van der Waals surface area contributed by atoms with Gasteiger partial charge in [0.25, 0.3) is 0 Å². The molecule has 1 unspecified atom stereocenters. The van der Waals surface area contributed by atoms with E-state index in [-0.39, 0.29) is 28.0 Å². The van der Waals surface area contributed by atoms with Crippen LogP contribution in [0.25, 0.3) is 0 Å². The van der Waals surface area contributed by atoms with Crippen molar-refractivity contribution < 1.29 is 19.1 Å². The Labute approximate surface area is 191 Å². The number of hydrogen-bond donors (Lipinski definition) is 0. The van der Waals surface area contributed by atoms with Crippen LogP contribution >= 0.6 is 62.3 Å². The number of carbonyl (C=O) groups excluding carboxylic acids is 2. The molecule has 2 aromatic carbocycles. The standard InChI is InChI=1S/C19H15BrCl4O4/c1-19(2,9-27-18(26)12-5-3-10(21)7-13(12)23)16(25)17(20)28-15-6-4-11(22)8-14(15)24/h3-8,17H,9H2,1-2H3. The molecule has 0 spiro atoms. The zero-order valence-corrected chi connectivity index (χ0v) is 19.4. The Balaban J connectivity index is 2.02. The second kappa shape index (κ2) is 9.68.